The second-order valence-electron chi connectivity index (χ2n) is 5.74. The maximum atomic E-state index is 12.1. The number of carbonyl (C=O) groups is 2. The van der Waals surface area contributed by atoms with Crippen molar-refractivity contribution in [3.05, 3.63) is 0 Å². The van der Waals surface area contributed by atoms with Crippen LogP contribution in [0.5, 0.6) is 0 Å². The number of carbonyl (C=O) groups excluding carboxylic acids is 1. The van der Waals surface area contributed by atoms with Gasteiger partial charge in [0.25, 0.3) is 0 Å². The Kier molecular flexibility index (Phi) is 3.61. The minimum absolute atomic E-state index is 0.0170. The van der Waals surface area contributed by atoms with Crippen LogP contribution in [0.15, 0.2) is 0 Å². The van der Waals surface area contributed by atoms with E-state index in [2.05, 4.69) is 0 Å². The van der Waals surface area contributed by atoms with Gasteiger partial charge in [0.2, 0.25) is 0 Å². The maximum Gasteiger partial charge on any atom is 0.312 e. The van der Waals surface area contributed by atoms with Gasteiger partial charge in [-0.25, -0.2) is 0 Å². The standard InChI is InChI=1S/C13H20O5/c1-8-3-4-13(2,10(5-8)11(14)15)12(16)18-7-9-6-17-9/h8-10H,3-7H2,1-2H3,(H,14,15). The number of ether oxygens (including phenoxy) is 2. The fourth-order valence-corrected chi connectivity index (χ4v) is 2.62. The summed E-state index contributed by atoms with van der Waals surface area (Å²) in [5, 5.41) is 9.30. The molecule has 2 rings (SSSR count). The quantitative estimate of drug-likeness (QED) is 0.608. The summed E-state index contributed by atoms with van der Waals surface area (Å²) in [6.45, 7) is 4.62. The summed E-state index contributed by atoms with van der Waals surface area (Å²) >= 11 is 0. The van der Waals surface area contributed by atoms with Crippen LogP contribution in [-0.4, -0.2) is 36.4 Å². The summed E-state index contributed by atoms with van der Waals surface area (Å²) in [7, 11) is 0. The van der Waals surface area contributed by atoms with Gasteiger partial charge < -0.3 is 14.6 Å². The highest BCUT2D eigenvalue weighted by molar-refractivity contribution is 5.84. The van der Waals surface area contributed by atoms with Gasteiger partial charge in [0.15, 0.2) is 0 Å². The molecule has 4 atom stereocenters. The summed E-state index contributed by atoms with van der Waals surface area (Å²) in [4.78, 5) is 23.5. The van der Waals surface area contributed by atoms with Gasteiger partial charge in [0, 0.05) is 0 Å². The first kappa shape index (κ1) is 13.3. The van der Waals surface area contributed by atoms with Crippen molar-refractivity contribution in [1.29, 1.82) is 0 Å². The normalized spacial score (nSPS) is 39.1. The lowest BCUT2D eigenvalue weighted by Crippen LogP contribution is -2.45. The van der Waals surface area contributed by atoms with Crippen LogP contribution in [-0.2, 0) is 19.1 Å². The van der Waals surface area contributed by atoms with Gasteiger partial charge in [-0.15, -0.1) is 0 Å². The van der Waals surface area contributed by atoms with Gasteiger partial charge in [0.1, 0.15) is 12.7 Å². The highest BCUT2D eigenvalue weighted by Crippen LogP contribution is 2.44. The molecule has 1 saturated carbocycles. The smallest absolute Gasteiger partial charge is 0.312 e. The second kappa shape index (κ2) is 4.88. The Balaban J connectivity index is 2.04. The molecular formula is C13H20O5. The Morgan fingerprint density at radius 3 is 2.72 bits per heavy atom. The van der Waals surface area contributed by atoms with E-state index in [0.717, 1.165) is 6.42 Å². The Labute approximate surface area is 106 Å². The monoisotopic (exact) mass is 256 g/mol. The molecule has 1 saturated heterocycles. The van der Waals surface area contributed by atoms with Crippen LogP contribution in [0.2, 0.25) is 0 Å². The van der Waals surface area contributed by atoms with E-state index in [9.17, 15) is 14.7 Å². The van der Waals surface area contributed by atoms with Crippen molar-refractivity contribution in [3.63, 3.8) is 0 Å². The molecule has 102 valence electrons. The molecule has 0 aromatic carbocycles. The lowest BCUT2D eigenvalue weighted by molar-refractivity contribution is -0.170. The third kappa shape index (κ3) is 2.66. The first-order chi connectivity index (χ1) is 8.43. The van der Waals surface area contributed by atoms with Crippen molar-refractivity contribution >= 4 is 11.9 Å². The number of aliphatic carboxylic acids is 1. The van der Waals surface area contributed by atoms with Crippen LogP contribution in [0.25, 0.3) is 0 Å². The minimum atomic E-state index is -0.899. The van der Waals surface area contributed by atoms with Crippen molar-refractivity contribution in [3.8, 4) is 0 Å². The number of rotatable bonds is 4. The van der Waals surface area contributed by atoms with Crippen molar-refractivity contribution in [2.45, 2.75) is 39.2 Å². The number of hydrogen-bond donors (Lipinski definition) is 1. The summed E-state index contributed by atoms with van der Waals surface area (Å²) in [5.41, 5.74) is -0.896. The topological polar surface area (TPSA) is 76.1 Å². The van der Waals surface area contributed by atoms with Gasteiger partial charge in [-0.1, -0.05) is 6.92 Å². The van der Waals surface area contributed by atoms with Gasteiger partial charge in [-0.2, -0.15) is 0 Å². The summed E-state index contributed by atoms with van der Waals surface area (Å²) in [5.74, 6) is -1.59. The zero-order chi connectivity index (χ0) is 13.3. The molecule has 1 N–H and O–H groups in total. The molecule has 2 fully saturated rings. The molecule has 0 bridgehead atoms. The SMILES string of the molecule is CC1CCC(C)(C(=O)OCC2CO2)C(C(=O)O)C1. The Morgan fingerprint density at radius 1 is 1.50 bits per heavy atom. The largest absolute Gasteiger partial charge is 0.481 e. The molecular weight excluding hydrogens is 236 g/mol. The first-order valence-electron chi connectivity index (χ1n) is 6.45. The lowest BCUT2D eigenvalue weighted by atomic mass is 9.64. The highest BCUT2D eigenvalue weighted by Gasteiger charge is 2.49. The predicted molar refractivity (Wildman–Crippen MR) is 62.9 cm³/mol. The van der Waals surface area contributed by atoms with E-state index < -0.39 is 23.3 Å². The average Bonchev–Trinajstić information content (AvgIpc) is 3.13. The van der Waals surface area contributed by atoms with E-state index in [1.165, 1.54) is 0 Å². The van der Waals surface area contributed by atoms with E-state index in [4.69, 9.17) is 9.47 Å². The van der Waals surface area contributed by atoms with E-state index in [1.807, 2.05) is 6.92 Å². The minimum Gasteiger partial charge on any atom is -0.481 e. The molecule has 18 heavy (non-hydrogen) atoms. The molecule has 1 aliphatic carbocycles. The predicted octanol–water partition coefficient (Wildman–Crippen LogP) is 1.46. The molecule has 2 aliphatic rings. The molecule has 5 heteroatoms. The van der Waals surface area contributed by atoms with Crippen LogP contribution in [0, 0.1) is 17.3 Å². The summed E-state index contributed by atoms with van der Waals surface area (Å²) in [6, 6.07) is 0. The zero-order valence-electron chi connectivity index (χ0n) is 10.8. The van der Waals surface area contributed by atoms with E-state index >= 15 is 0 Å². The van der Waals surface area contributed by atoms with Crippen molar-refractivity contribution in [2.75, 3.05) is 13.2 Å². The molecule has 5 nitrogen and oxygen atoms in total. The first-order valence-corrected chi connectivity index (χ1v) is 6.45. The number of esters is 1. The third-order valence-corrected chi connectivity index (χ3v) is 4.13. The van der Waals surface area contributed by atoms with Crippen LogP contribution in [0.3, 0.4) is 0 Å². The lowest BCUT2D eigenvalue weighted by Gasteiger charge is -2.39. The Hall–Kier alpha value is -1.10. The molecule has 0 amide bonds. The molecule has 0 aromatic heterocycles. The van der Waals surface area contributed by atoms with Gasteiger partial charge in [0.05, 0.1) is 17.9 Å². The molecule has 1 heterocycles. The maximum absolute atomic E-state index is 12.1. The van der Waals surface area contributed by atoms with Gasteiger partial charge >= 0.3 is 11.9 Å². The number of carboxylic acids is 1. The molecule has 0 spiro atoms. The van der Waals surface area contributed by atoms with Crippen LogP contribution in [0.4, 0.5) is 0 Å². The third-order valence-electron chi connectivity index (χ3n) is 4.13. The van der Waals surface area contributed by atoms with Crippen molar-refractivity contribution in [2.24, 2.45) is 17.3 Å². The second-order valence-corrected chi connectivity index (χ2v) is 5.74. The van der Waals surface area contributed by atoms with E-state index in [1.54, 1.807) is 6.92 Å². The molecule has 4 unspecified atom stereocenters. The van der Waals surface area contributed by atoms with E-state index in [-0.39, 0.29) is 12.7 Å². The van der Waals surface area contributed by atoms with Crippen LogP contribution in [0.1, 0.15) is 33.1 Å². The summed E-state index contributed by atoms with van der Waals surface area (Å²) < 4.78 is 10.2. The number of epoxide rings is 1. The molecule has 1 aliphatic heterocycles. The van der Waals surface area contributed by atoms with Crippen LogP contribution >= 0.6 is 0 Å². The fourth-order valence-electron chi connectivity index (χ4n) is 2.62. The summed E-state index contributed by atoms with van der Waals surface area (Å²) in [6.07, 6.45) is 2.01. The number of carboxylic acid groups (broad SMARTS) is 1. The Bertz CT molecular complexity index is 349. The average molecular weight is 256 g/mol. The van der Waals surface area contributed by atoms with Crippen molar-refractivity contribution in [1.82, 2.24) is 0 Å². The zero-order valence-corrected chi connectivity index (χ0v) is 10.8. The van der Waals surface area contributed by atoms with E-state index in [0.29, 0.717) is 25.4 Å². The van der Waals surface area contributed by atoms with Crippen molar-refractivity contribution < 1.29 is 24.2 Å². The van der Waals surface area contributed by atoms with Gasteiger partial charge in [-0.05, 0) is 32.1 Å². The number of hydrogen-bond acceptors (Lipinski definition) is 4. The molecule has 0 aromatic rings. The Morgan fingerprint density at radius 2 is 2.17 bits per heavy atom. The van der Waals surface area contributed by atoms with Crippen LogP contribution < -0.4 is 0 Å². The highest BCUT2D eigenvalue weighted by atomic mass is 16.6. The molecule has 0 radical (unpaired) electrons. The van der Waals surface area contributed by atoms with Gasteiger partial charge in [-0.3, -0.25) is 9.59 Å². The fraction of sp³-hybridized carbons (Fsp3) is 0.846.